The summed E-state index contributed by atoms with van der Waals surface area (Å²) in [5.74, 6) is 0. The maximum Gasteiger partial charge on any atom is 0.0367 e. The Kier molecular flexibility index (Phi) is 4.42. The van der Waals surface area contributed by atoms with Crippen LogP contribution in [0, 0.1) is 5.41 Å². The fraction of sp³-hybridized carbons (Fsp3) is 0.684. The first-order chi connectivity index (χ1) is 10.1. The van der Waals surface area contributed by atoms with Gasteiger partial charge >= 0.3 is 0 Å². The van der Waals surface area contributed by atoms with Crippen LogP contribution in [-0.2, 0) is 0 Å². The zero-order valence-electron chi connectivity index (χ0n) is 13.7. The number of piperidine rings is 1. The van der Waals surface area contributed by atoms with Gasteiger partial charge in [-0.2, -0.15) is 0 Å². The average molecular weight is 286 g/mol. The Morgan fingerprint density at radius 1 is 1.00 bits per heavy atom. The SMILES string of the molecule is CC1(C)CCCC(Nc2ccc(N3CCCCC3)cc2)C1. The molecule has 116 valence electrons. The summed E-state index contributed by atoms with van der Waals surface area (Å²) in [7, 11) is 0. The number of benzene rings is 1. The molecule has 2 aliphatic rings. The summed E-state index contributed by atoms with van der Waals surface area (Å²) in [6.45, 7) is 7.26. The maximum absolute atomic E-state index is 3.75. The number of hydrogen-bond acceptors (Lipinski definition) is 2. The highest BCUT2D eigenvalue weighted by Crippen LogP contribution is 2.36. The molecule has 0 amide bonds. The van der Waals surface area contributed by atoms with Crippen LogP contribution in [0.25, 0.3) is 0 Å². The minimum atomic E-state index is 0.504. The van der Waals surface area contributed by atoms with Crippen molar-refractivity contribution in [2.45, 2.75) is 64.8 Å². The van der Waals surface area contributed by atoms with Crippen LogP contribution in [-0.4, -0.2) is 19.1 Å². The third-order valence-electron chi connectivity index (χ3n) is 5.16. The van der Waals surface area contributed by atoms with E-state index in [1.165, 1.54) is 69.4 Å². The van der Waals surface area contributed by atoms with Gasteiger partial charge < -0.3 is 10.2 Å². The molecule has 3 rings (SSSR count). The molecule has 1 aliphatic carbocycles. The fourth-order valence-electron chi connectivity index (χ4n) is 3.98. The summed E-state index contributed by atoms with van der Waals surface area (Å²) in [4.78, 5) is 2.52. The van der Waals surface area contributed by atoms with E-state index in [2.05, 4.69) is 48.3 Å². The van der Waals surface area contributed by atoms with Gasteiger partial charge in [0, 0.05) is 30.5 Å². The normalized spacial score (nSPS) is 25.6. The monoisotopic (exact) mass is 286 g/mol. The Morgan fingerprint density at radius 3 is 2.38 bits per heavy atom. The number of anilines is 2. The third-order valence-corrected chi connectivity index (χ3v) is 5.16. The minimum Gasteiger partial charge on any atom is -0.382 e. The minimum absolute atomic E-state index is 0.504. The number of nitrogens with zero attached hydrogens (tertiary/aromatic N) is 1. The lowest BCUT2D eigenvalue weighted by Crippen LogP contribution is -2.31. The molecular formula is C19H30N2. The zero-order valence-corrected chi connectivity index (χ0v) is 13.7. The molecule has 0 aromatic heterocycles. The highest BCUT2D eigenvalue weighted by molar-refractivity contribution is 5.55. The van der Waals surface area contributed by atoms with Gasteiger partial charge in [0.2, 0.25) is 0 Å². The number of nitrogens with one attached hydrogen (secondary N) is 1. The molecular weight excluding hydrogens is 256 g/mol. The quantitative estimate of drug-likeness (QED) is 0.835. The molecule has 1 atom stereocenters. The van der Waals surface area contributed by atoms with E-state index in [1.54, 1.807) is 0 Å². The molecule has 1 N–H and O–H groups in total. The Bertz CT molecular complexity index is 443. The zero-order chi connectivity index (χ0) is 14.7. The lowest BCUT2D eigenvalue weighted by atomic mass is 9.75. The molecule has 1 heterocycles. The molecule has 1 saturated carbocycles. The van der Waals surface area contributed by atoms with Gasteiger partial charge in [-0.25, -0.2) is 0 Å². The van der Waals surface area contributed by atoms with E-state index in [0.717, 1.165) is 0 Å². The first kappa shape index (κ1) is 14.7. The Labute approximate surface area is 129 Å². The van der Waals surface area contributed by atoms with Crippen molar-refractivity contribution < 1.29 is 0 Å². The average Bonchev–Trinajstić information content (AvgIpc) is 2.48. The summed E-state index contributed by atoms with van der Waals surface area (Å²) >= 11 is 0. The summed E-state index contributed by atoms with van der Waals surface area (Å²) in [5.41, 5.74) is 3.19. The Balaban J connectivity index is 1.59. The third kappa shape index (κ3) is 3.93. The van der Waals surface area contributed by atoms with Crippen LogP contribution in [0.2, 0.25) is 0 Å². The molecule has 21 heavy (non-hydrogen) atoms. The van der Waals surface area contributed by atoms with Gasteiger partial charge in [-0.05, 0) is 68.2 Å². The van der Waals surface area contributed by atoms with Crippen molar-refractivity contribution in [1.29, 1.82) is 0 Å². The first-order valence-corrected chi connectivity index (χ1v) is 8.74. The topological polar surface area (TPSA) is 15.3 Å². The van der Waals surface area contributed by atoms with Crippen LogP contribution in [0.3, 0.4) is 0 Å². The molecule has 0 bridgehead atoms. The summed E-state index contributed by atoms with van der Waals surface area (Å²) < 4.78 is 0. The van der Waals surface area contributed by atoms with E-state index in [-0.39, 0.29) is 0 Å². The van der Waals surface area contributed by atoms with Crippen LogP contribution in [0.5, 0.6) is 0 Å². The molecule has 1 unspecified atom stereocenters. The molecule has 1 aromatic rings. The lowest BCUT2D eigenvalue weighted by molar-refractivity contribution is 0.229. The van der Waals surface area contributed by atoms with E-state index in [1.807, 2.05) is 0 Å². The van der Waals surface area contributed by atoms with Gasteiger partial charge in [0.05, 0.1) is 0 Å². The molecule has 2 fully saturated rings. The van der Waals surface area contributed by atoms with Gasteiger partial charge in [-0.15, -0.1) is 0 Å². The lowest BCUT2D eigenvalue weighted by Gasteiger charge is -2.36. The van der Waals surface area contributed by atoms with E-state index in [9.17, 15) is 0 Å². The van der Waals surface area contributed by atoms with Crippen molar-refractivity contribution in [2.24, 2.45) is 5.41 Å². The fourth-order valence-corrected chi connectivity index (χ4v) is 3.98. The molecule has 1 saturated heterocycles. The van der Waals surface area contributed by atoms with Crippen LogP contribution in [0.1, 0.15) is 58.8 Å². The predicted octanol–water partition coefficient (Wildman–Crippen LogP) is 5.06. The Hall–Kier alpha value is -1.18. The van der Waals surface area contributed by atoms with Crippen LogP contribution in [0.4, 0.5) is 11.4 Å². The van der Waals surface area contributed by atoms with Crippen molar-refractivity contribution >= 4 is 11.4 Å². The van der Waals surface area contributed by atoms with Crippen molar-refractivity contribution in [2.75, 3.05) is 23.3 Å². The van der Waals surface area contributed by atoms with Crippen molar-refractivity contribution in [1.82, 2.24) is 0 Å². The van der Waals surface area contributed by atoms with E-state index in [4.69, 9.17) is 0 Å². The van der Waals surface area contributed by atoms with Crippen molar-refractivity contribution in [3.63, 3.8) is 0 Å². The maximum atomic E-state index is 3.75. The summed E-state index contributed by atoms with van der Waals surface area (Å²) in [6, 6.07) is 9.77. The second-order valence-corrected chi connectivity index (χ2v) is 7.70. The largest absolute Gasteiger partial charge is 0.382 e. The highest BCUT2D eigenvalue weighted by atomic mass is 15.1. The van der Waals surface area contributed by atoms with Crippen LogP contribution in [0.15, 0.2) is 24.3 Å². The number of rotatable bonds is 3. The first-order valence-electron chi connectivity index (χ1n) is 8.74. The second kappa shape index (κ2) is 6.29. The molecule has 1 aromatic carbocycles. The Morgan fingerprint density at radius 2 is 1.71 bits per heavy atom. The van der Waals surface area contributed by atoms with E-state index in [0.29, 0.717) is 11.5 Å². The van der Waals surface area contributed by atoms with Crippen molar-refractivity contribution in [3.05, 3.63) is 24.3 Å². The van der Waals surface area contributed by atoms with Gasteiger partial charge in [0.1, 0.15) is 0 Å². The van der Waals surface area contributed by atoms with Crippen LogP contribution >= 0.6 is 0 Å². The molecule has 2 heteroatoms. The predicted molar refractivity (Wildman–Crippen MR) is 92.2 cm³/mol. The summed E-state index contributed by atoms with van der Waals surface area (Å²) in [6.07, 6.45) is 9.43. The van der Waals surface area contributed by atoms with E-state index >= 15 is 0 Å². The molecule has 2 nitrogen and oxygen atoms in total. The van der Waals surface area contributed by atoms with Gasteiger partial charge in [0.15, 0.2) is 0 Å². The van der Waals surface area contributed by atoms with E-state index < -0.39 is 0 Å². The second-order valence-electron chi connectivity index (χ2n) is 7.70. The molecule has 0 spiro atoms. The van der Waals surface area contributed by atoms with Gasteiger partial charge in [0.25, 0.3) is 0 Å². The summed E-state index contributed by atoms with van der Waals surface area (Å²) in [5, 5.41) is 3.75. The smallest absolute Gasteiger partial charge is 0.0367 e. The van der Waals surface area contributed by atoms with Crippen molar-refractivity contribution in [3.8, 4) is 0 Å². The van der Waals surface area contributed by atoms with Gasteiger partial charge in [-0.1, -0.05) is 20.3 Å². The standard InChI is InChI=1S/C19H30N2/c1-19(2)12-6-7-17(15-19)20-16-8-10-18(11-9-16)21-13-4-3-5-14-21/h8-11,17,20H,3-7,12-15H2,1-2H3. The van der Waals surface area contributed by atoms with Gasteiger partial charge in [-0.3, -0.25) is 0 Å². The highest BCUT2D eigenvalue weighted by Gasteiger charge is 2.27. The molecule has 1 aliphatic heterocycles. The molecule has 0 radical (unpaired) electrons. The number of hydrogen-bond donors (Lipinski definition) is 1. The van der Waals surface area contributed by atoms with Crippen LogP contribution < -0.4 is 10.2 Å².